The van der Waals surface area contributed by atoms with E-state index in [1.165, 1.54) is 60.7 Å². The molecule has 6 N–H and O–H groups in total. The average Bonchev–Trinajstić information content (AvgIpc) is 3.12. The monoisotopic (exact) mass is 840 g/mol. The number of nitrogens with zero attached hydrogens (tertiary/aromatic N) is 4. The summed E-state index contributed by atoms with van der Waals surface area (Å²) in [6.07, 6.45) is 2.15. The van der Waals surface area contributed by atoms with Crippen LogP contribution in [0.5, 0.6) is 11.5 Å². The third-order valence-corrected chi connectivity index (χ3v) is 11.6. The van der Waals surface area contributed by atoms with Crippen molar-refractivity contribution in [2.75, 3.05) is 0 Å². The van der Waals surface area contributed by atoms with Gasteiger partial charge in [-0.05, 0) is 47.5 Å². The van der Waals surface area contributed by atoms with Gasteiger partial charge in [-0.25, -0.2) is 0 Å². The molecule has 22 heteroatoms. The Morgan fingerprint density at radius 2 is 0.714 bits per heavy atom. The molecule has 0 bridgehead atoms. The molecule has 0 fully saturated rings. The summed E-state index contributed by atoms with van der Waals surface area (Å²) in [6, 6.07) is 19.5. The van der Waals surface area contributed by atoms with Crippen molar-refractivity contribution >= 4 is 96.9 Å². The van der Waals surface area contributed by atoms with Crippen LogP contribution in [-0.2, 0) is 40.5 Å². The summed E-state index contributed by atoms with van der Waals surface area (Å²) in [5.74, 6) is -1.02. The molecule has 288 valence electrons. The second-order valence-corrected chi connectivity index (χ2v) is 17.2. The van der Waals surface area contributed by atoms with Crippen LogP contribution in [0.2, 0.25) is 0 Å². The van der Waals surface area contributed by atoms with E-state index in [-0.39, 0.29) is 44.0 Å². The Bertz CT molecular complexity index is 2950. The average molecular weight is 841 g/mol. The molecular weight excluding hydrogens is 817 g/mol. The van der Waals surface area contributed by atoms with Gasteiger partial charge in [0, 0.05) is 21.5 Å². The van der Waals surface area contributed by atoms with Crippen LogP contribution in [0.15, 0.2) is 137 Å². The first kappa shape index (κ1) is 39.7. The Morgan fingerprint density at radius 3 is 1.04 bits per heavy atom. The van der Waals surface area contributed by atoms with E-state index in [0.717, 1.165) is 48.6 Å². The molecule has 0 amide bonds. The molecule has 6 rings (SSSR count). The lowest BCUT2D eigenvalue weighted by atomic mass is 10.1. The van der Waals surface area contributed by atoms with E-state index in [2.05, 4.69) is 20.5 Å². The van der Waals surface area contributed by atoms with Crippen LogP contribution in [0.3, 0.4) is 0 Å². The van der Waals surface area contributed by atoms with Crippen molar-refractivity contribution in [3.63, 3.8) is 0 Å². The molecule has 18 nitrogen and oxygen atoms in total. The van der Waals surface area contributed by atoms with Crippen molar-refractivity contribution in [1.82, 2.24) is 0 Å². The van der Waals surface area contributed by atoms with Crippen LogP contribution in [0.4, 0.5) is 22.7 Å². The largest absolute Gasteiger partial charge is 0.505 e. The topological polar surface area (TPSA) is 307 Å². The third kappa shape index (κ3) is 8.31. The maximum absolute atomic E-state index is 12.4. The highest BCUT2D eigenvalue weighted by molar-refractivity contribution is 7.86. The zero-order chi connectivity index (χ0) is 40.8. The van der Waals surface area contributed by atoms with Crippen molar-refractivity contribution in [2.24, 2.45) is 20.5 Å². The van der Waals surface area contributed by atoms with E-state index in [0.29, 0.717) is 0 Å². The first-order chi connectivity index (χ1) is 26.1. The van der Waals surface area contributed by atoms with Gasteiger partial charge in [-0.2, -0.15) is 43.9 Å². The summed E-state index contributed by atoms with van der Waals surface area (Å²) in [7, 11) is -19.6. The Morgan fingerprint density at radius 1 is 0.393 bits per heavy atom. The van der Waals surface area contributed by atoms with Gasteiger partial charge >= 0.3 is 0 Å². The molecule has 6 aromatic rings. The van der Waals surface area contributed by atoms with Crippen molar-refractivity contribution in [2.45, 2.75) is 19.6 Å². The van der Waals surface area contributed by atoms with E-state index in [9.17, 15) is 62.1 Å². The van der Waals surface area contributed by atoms with E-state index in [1.807, 2.05) is 0 Å². The highest BCUT2D eigenvalue weighted by Crippen LogP contribution is 2.41. The zero-order valence-electron chi connectivity index (χ0n) is 27.8. The normalized spacial score (nSPS) is 13.1. The lowest BCUT2D eigenvalue weighted by molar-refractivity contribution is 0.477. The highest BCUT2D eigenvalue weighted by Gasteiger charge is 2.22. The van der Waals surface area contributed by atoms with Crippen LogP contribution in [-0.4, -0.2) is 62.1 Å². The van der Waals surface area contributed by atoms with E-state index in [4.69, 9.17) is 0 Å². The first-order valence-corrected chi connectivity index (χ1v) is 21.1. The highest BCUT2D eigenvalue weighted by atomic mass is 32.2. The first-order valence-electron chi connectivity index (χ1n) is 15.3. The standard InChI is InChI=1S/C34H24N4O14S4/c39-33-25-7-3-1-5-23(25)31(55(47,48)49)17-27(33)37-35-21-13-11-19(29(15-21)53(41,42)43)9-10-20-12-14-22(16-30(20)54(44,45)46)36-38-28-18-32(56(50,51)52)24-6-2-4-8-26(24)34(28)40/h1-18,39-40H,(H,41,42,43)(H,44,45,46)(H,47,48,49)(H,50,51,52)/b10-9+,37-35+,38-36+. The minimum Gasteiger partial charge on any atom is -0.505 e. The van der Waals surface area contributed by atoms with Crippen LogP contribution in [0, 0.1) is 0 Å². The summed E-state index contributed by atoms with van der Waals surface area (Å²) >= 11 is 0. The van der Waals surface area contributed by atoms with Gasteiger partial charge in [0.2, 0.25) is 0 Å². The van der Waals surface area contributed by atoms with Gasteiger partial charge in [0.1, 0.15) is 31.0 Å². The number of hydrogen-bond donors (Lipinski definition) is 6. The number of hydrogen-bond acceptors (Lipinski definition) is 14. The molecule has 56 heavy (non-hydrogen) atoms. The predicted molar refractivity (Wildman–Crippen MR) is 201 cm³/mol. The lowest BCUT2D eigenvalue weighted by Crippen LogP contribution is -2.01. The quantitative estimate of drug-likeness (QED) is 0.0445. The fraction of sp³-hybridized carbons (Fsp3) is 0. The fourth-order valence-electron chi connectivity index (χ4n) is 5.50. The van der Waals surface area contributed by atoms with Crippen LogP contribution >= 0.6 is 0 Å². The smallest absolute Gasteiger partial charge is 0.295 e. The van der Waals surface area contributed by atoms with Gasteiger partial charge in [0.15, 0.2) is 11.5 Å². The summed E-state index contributed by atoms with van der Waals surface area (Å²) in [6.45, 7) is 0. The van der Waals surface area contributed by atoms with Gasteiger partial charge in [0.05, 0.1) is 11.4 Å². The Balaban J connectivity index is 1.35. The summed E-state index contributed by atoms with van der Waals surface area (Å²) in [4.78, 5) is -2.66. The molecule has 0 atom stereocenters. The second-order valence-electron chi connectivity index (χ2n) is 11.7. The molecule has 0 radical (unpaired) electrons. The number of benzene rings is 6. The number of fused-ring (bicyclic) bond motifs is 2. The van der Waals surface area contributed by atoms with Gasteiger partial charge in [0.25, 0.3) is 40.5 Å². The summed E-state index contributed by atoms with van der Waals surface area (Å²) in [5, 5.41) is 36.7. The summed E-state index contributed by atoms with van der Waals surface area (Å²) in [5.41, 5.74) is -1.67. The summed E-state index contributed by atoms with van der Waals surface area (Å²) < 4.78 is 137. The number of rotatable bonds is 10. The molecule has 0 saturated heterocycles. The minimum atomic E-state index is -5.00. The Labute approximate surface area is 317 Å². The van der Waals surface area contributed by atoms with Crippen molar-refractivity contribution in [1.29, 1.82) is 0 Å². The lowest BCUT2D eigenvalue weighted by Gasteiger charge is -2.09. The fourth-order valence-corrected chi connectivity index (χ4v) is 8.34. The molecule has 0 saturated carbocycles. The molecule has 0 aliphatic rings. The van der Waals surface area contributed by atoms with Crippen LogP contribution in [0.25, 0.3) is 33.7 Å². The zero-order valence-corrected chi connectivity index (χ0v) is 31.0. The maximum Gasteiger partial charge on any atom is 0.295 e. The molecule has 0 aromatic heterocycles. The van der Waals surface area contributed by atoms with Gasteiger partial charge in [-0.15, -0.1) is 10.2 Å². The van der Waals surface area contributed by atoms with E-state index in [1.54, 1.807) is 0 Å². The Kier molecular flexibility index (Phi) is 10.3. The van der Waals surface area contributed by atoms with Crippen molar-refractivity contribution < 1.29 is 62.1 Å². The van der Waals surface area contributed by atoms with Gasteiger partial charge in [-0.1, -0.05) is 72.8 Å². The van der Waals surface area contributed by atoms with Crippen LogP contribution in [0.1, 0.15) is 11.1 Å². The van der Waals surface area contributed by atoms with Crippen molar-refractivity contribution in [3.05, 3.63) is 108 Å². The number of aromatic hydroxyl groups is 2. The Hall–Kier alpha value is -5.98. The van der Waals surface area contributed by atoms with E-state index < -0.39 is 82.9 Å². The van der Waals surface area contributed by atoms with Crippen LogP contribution < -0.4 is 0 Å². The number of azo groups is 2. The third-order valence-electron chi connectivity index (χ3n) is 8.01. The molecule has 0 aliphatic carbocycles. The predicted octanol–water partition coefficient (Wildman–Crippen LogP) is 7.39. The SMILES string of the molecule is O=S(=O)(O)c1cc(/N=N/c2cc(S(=O)(=O)O)c3ccccc3c2O)ccc1/C=C/c1ccc(/N=N/c2cc(S(=O)(=O)O)c3ccccc3c2O)cc1S(=O)(=O)O. The van der Waals surface area contributed by atoms with Gasteiger partial charge in [-0.3, -0.25) is 18.2 Å². The molecule has 6 aromatic carbocycles. The minimum absolute atomic E-state index is 0.00870. The maximum atomic E-state index is 12.4. The molecular formula is C34H24N4O14S4. The van der Waals surface area contributed by atoms with E-state index >= 15 is 0 Å². The second kappa shape index (κ2) is 14.6. The molecule has 0 unspecified atom stereocenters. The van der Waals surface area contributed by atoms with Gasteiger partial charge < -0.3 is 10.2 Å². The van der Waals surface area contributed by atoms with Crippen molar-refractivity contribution in [3.8, 4) is 11.5 Å². The molecule has 0 aliphatic heterocycles. The number of phenolic OH excluding ortho intramolecular Hbond substituents is 2. The number of phenols is 2. The molecule has 0 heterocycles. The molecule has 0 spiro atoms.